The van der Waals surface area contributed by atoms with Crippen molar-refractivity contribution < 1.29 is 23.8 Å². The van der Waals surface area contributed by atoms with Gasteiger partial charge in [0.2, 0.25) is 0 Å². The molecule has 0 N–H and O–H groups in total. The smallest absolute Gasteiger partial charge is 0.342 e. The molecule has 5 nitrogen and oxygen atoms in total. The fourth-order valence-electron chi connectivity index (χ4n) is 2.40. The molecule has 5 heteroatoms. The third-order valence-electron chi connectivity index (χ3n) is 3.41. The number of hydrogen-bond acceptors (Lipinski definition) is 5. The second-order valence-electron chi connectivity index (χ2n) is 4.68. The molecule has 0 radical (unpaired) electrons. The summed E-state index contributed by atoms with van der Waals surface area (Å²) in [4.78, 5) is 22.2. The van der Waals surface area contributed by atoms with Gasteiger partial charge >= 0.3 is 5.97 Å². The van der Waals surface area contributed by atoms with Gasteiger partial charge in [-0.05, 0) is 31.4 Å². The molecule has 1 heterocycles. The molecule has 0 amide bonds. The van der Waals surface area contributed by atoms with Crippen LogP contribution in [0.15, 0.2) is 24.3 Å². The van der Waals surface area contributed by atoms with E-state index in [0.717, 1.165) is 24.7 Å². The highest BCUT2D eigenvalue weighted by Gasteiger charge is 2.34. The number of carbonyl (C=O) groups is 2. The summed E-state index contributed by atoms with van der Waals surface area (Å²) in [5.74, 6) is 0.741. The number of cyclic esters (lactones) is 1. The van der Waals surface area contributed by atoms with Crippen molar-refractivity contribution in [3.05, 3.63) is 35.4 Å². The molecule has 1 aromatic rings. The quantitative estimate of drug-likeness (QED) is 0.334. The topological polar surface area (TPSA) is 61.8 Å². The van der Waals surface area contributed by atoms with Crippen molar-refractivity contribution >= 4 is 12.3 Å². The number of benzene rings is 1. The first-order valence-corrected chi connectivity index (χ1v) is 6.78. The van der Waals surface area contributed by atoms with Crippen LogP contribution in [-0.4, -0.2) is 26.5 Å². The predicted octanol–water partition coefficient (Wildman–Crippen LogP) is 2.84. The Labute approximate surface area is 123 Å². The number of esters is 1. The van der Waals surface area contributed by atoms with Crippen molar-refractivity contribution in [2.45, 2.75) is 25.4 Å². The second kappa shape index (κ2) is 6.92. The molecule has 0 bridgehead atoms. The molecular formula is C16H18O5. The minimum atomic E-state index is -0.363. The van der Waals surface area contributed by atoms with E-state index in [1.165, 1.54) is 13.2 Å². The molecular weight excluding hydrogens is 272 g/mol. The molecule has 0 saturated carbocycles. The molecule has 21 heavy (non-hydrogen) atoms. The lowest BCUT2D eigenvalue weighted by atomic mass is 9.99. The molecule has 1 aliphatic rings. The first kappa shape index (κ1) is 15.1. The van der Waals surface area contributed by atoms with Gasteiger partial charge in [-0.15, -0.1) is 0 Å². The number of fused-ring (bicyclic) bond motifs is 1. The highest BCUT2D eigenvalue weighted by Crippen LogP contribution is 2.41. The van der Waals surface area contributed by atoms with E-state index in [4.69, 9.17) is 14.2 Å². The molecule has 0 fully saturated rings. The van der Waals surface area contributed by atoms with Crippen LogP contribution in [0.1, 0.15) is 41.3 Å². The van der Waals surface area contributed by atoms with Crippen molar-refractivity contribution in [3.63, 3.8) is 0 Å². The van der Waals surface area contributed by atoms with E-state index in [1.807, 2.05) is 6.07 Å². The number of unbranched alkanes of at least 4 members (excludes halogenated alkanes) is 1. The number of ether oxygens (including phenoxy) is 3. The Balaban J connectivity index is 2.17. The number of carbonyl (C=O) groups excluding carboxylic acids is 2. The van der Waals surface area contributed by atoms with Crippen LogP contribution in [0.25, 0.3) is 0 Å². The van der Waals surface area contributed by atoms with Crippen molar-refractivity contribution in [3.8, 4) is 11.5 Å². The average Bonchev–Trinajstić information content (AvgIpc) is 2.82. The number of rotatable bonds is 7. The molecule has 1 aliphatic heterocycles. The van der Waals surface area contributed by atoms with E-state index in [-0.39, 0.29) is 12.1 Å². The van der Waals surface area contributed by atoms with E-state index in [0.29, 0.717) is 23.5 Å². The van der Waals surface area contributed by atoms with Crippen LogP contribution in [0.5, 0.6) is 11.5 Å². The molecule has 0 aromatic heterocycles. The summed E-state index contributed by atoms with van der Waals surface area (Å²) in [5, 5.41) is 0. The third-order valence-corrected chi connectivity index (χ3v) is 3.41. The number of allylic oxidation sites excluding steroid dienone is 2. The Bertz CT molecular complexity index is 562. The van der Waals surface area contributed by atoms with Gasteiger partial charge in [0.1, 0.15) is 29.5 Å². The zero-order valence-corrected chi connectivity index (χ0v) is 12.1. The van der Waals surface area contributed by atoms with Crippen LogP contribution < -0.4 is 9.47 Å². The van der Waals surface area contributed by atoms with Crippen molar-refractivity contribution in [1.29, 1.82) is 0 Å². The summed E-state index contributed by atoms with van der Waals surface area (Å²) in [5.41, 5.74) is 1.28. The molecule has 0 unspecified atom stereocenters. The van der Waals surface area contributed by atoms with Gasteiger partial charge in [-0.25, -0.2) is 4.79 Å². The fraction of sp³-hybridized carbons (Fsp3) is 0.375. The van der Waals surface area contributed by atoms with Crippen LogP contribution in [0.2, 0.25) is 0 Å². The monoisotopic (exact) mass is 290 g/mol. The van der Waals surface area contributed by atoms with Crippen molar-refractivity contribution in [1.82, 2.24) is 0 Å². The maximum Gasteiger partial charge on any atom is 0.342 e. The third kappa shape index (κ3) is 3.24. The number of methoxy groups -OCH3 is 2. The Morgan fingerprint density at radius 2 is 2.10 bits per heavy atom. The summed E-state index contributed by atoms with van der Waals surface area (Å²) in [7, 11) is 3.08. The van der Waals surface area contributed by atoms with Gasteiger partial charge in [0.25, 0.3) is 0 Å². The lowest BCUT2D eigenvalue weighted by molar-refractivity contribution is -0.104. The predicted molar refractivity (Wildman–Crippen MR) is 76.8 cm³/mol. The maximum absolute atomic E-state index is 12.0. The molecule has 0 spiro atoms. The lowest BCUT2D eigenvalue weighted by Gasteiger charge is -2.11. The molecule has 0 aliphatic carbocycles. The lowest BCUT2D eigenvalue weighted by Crippen LogP contribution is -1.99. The summed E-state index contributed by atoms with van der Waals surface area (Å²) >= 11 is 0. The van der Waals surface area contributed by atoms with Crippen LogP contribution in [0.3, 0.4) is 0 Å². The number of aldehydes is 1. The van der Waals surface area contributed by atoms with Crippen LogP contribution in [0.4, 0.5) is 0 Å². The van der Waals surface area contributed by atoms with E-state index in [9.17, 15) is 9.59 Å². The summed E-state index contributed by atoms with van der Waals surface area (Å²) in [6.45, 7) is 0. The van der Waals surface area contributed by atoms with E-state index in [1.54, 1.807) is 19.3 Å². The van der Waals surface area contributed by atoms with Gasteiger partial charge in [-0.3, -0.25) is 4.79 Å². The van der Waals surface area contributed by atoms with E-state index in [2.05, 4.69) is 0 Å². The van der Waals surface area contributed by atoms with Crippen molar-refractivity contribution in [2.75, 3.05) is 14.2 Å². The molecule has 2 rings (SSSR count). The molecule has 112 valence electrons. The van der Waals surface area contributed by atoms with E-state index >= 15 is 0 Å². The maximum atomic E-state index is 12.0. The summed E-state index contributed by atoms with van der Waals surface area (Å²) in [6.07, 6.45) is 6.02. The summed E-state index contributed by atoms with van der Waals surface area (Å²) < 4.78 is 15.9. The largest absolute Gasteiger partial charge is 0.497 e. The van der Waals surface area contributed by atoms with Crippen LogP contribution in [0, 0.1) is 0 Å². The van der Waals surface area contributed by atoms with Gasteiger partial charge < -0.3 is 14.2 Å². The van der Waals surface area contributed by atoms with Gasteiger partial charge in [0, 0.05) is 11.6 Å². The van der Waals surface area contributed by atoms with Gasteiger partial charge in [0.05, 0.1) is 14.2 Å². The minimum absolute atomic E-state index is 0.291. The highest BCUT2D eigenvalue weighted by molar-refractivity contribution is 5.97. The highest BCUT2D eigenvalue weighted by atomic mass is 16.6. The minimum Gasteiger partial charge on any atom is -0.497 e. The Morgan fingerprint density at radius 3 is 2.76 bits per heavy atom. The van der Waals surface area contributed by atoms with Crippen molar-refractivity contribution in [2.24, 2.45) is 0 Å². The first-order chi connectivity index (χ1) is 10.2. The van der Waals surface area contributed by atoms with E-state index < -0.39 is 0 Å². The average molecular weight is 290 g/mol. The Hall–Kier alpha value is -2.30. The second-order valence-corrected chi connectivity index (χ2v) is 4.68. The normalized spacial score (nSPS) is 16.7. The Morgan fingerprint density at radius 1 is 1.29 bits per heavy atom. The molecule has 1 aromatic carbocycles. The summed E-state index contributed by atoms with van der Waals surface area (Å²) in [6, 6.07) is 3.49. The molecule has 1 atom stereocenters. The van der Waals surface area contributed by atoms with Crippen LogP contribution in [-0.2, 0) is 9.53 Å². The van der Waals surface area contributed by atoms with Gasteiger partial charge in [0.15, 0.2) is 0 Å². The molecule has 0 saturated heterocycles. The standard InChI is InChI=1S/C16H18O5/c1-19-11-9-12-13(7-5-3-4-6-8-17)21-16(18)15(12)14(10-11)20-2/h4,6,8-10,13H,3,5,7H2,1-2H3/b6-4+/t13-/m1/s1. The van der Waals surface area contributed by atoms with Crippen LogP contribution >= 0.6 is 0 Å². The fourth-order valence-corrected chi connectivity index (χ4v) is 2.40. The zero-order chi connectivity index (χ0) is 15.2. The SMILES string of the molecule is COc1cc(OC)c2c(c1)[C@@H](CCC/C=C/C=O)OC2=O. The Kier molecular flexibility index (Phi) is 4.98. The van der Waals surface area contributed by atoms with Gasteiger partial charge in [-0.2, -0.15) is 0 Å². The zero-order valence-electron chi connectivity index (χ0n) is 12.1. The number of hydrogen-bond donors (Lipinski definition) is 0. The first-order valence-electron chi connectivity index (χ1n) is 6.78. The van der Waals surface area contributed by atoms with Gasteiger partial charge in [-0.1, -0.05) is 6.08 Å².